The molecule has 0 aliphatic rings. The predicted molar refractivity (Wildman–Crippen MR) is 63.3 cm³/mol. The Morgan fingerprint density at radius 3 is 2.56 bits per heavy atom. The van der Waals surface area contributed by atoms with Gasteiger partial charge in [0.2, 0.25) is 5.91 Å². The molecule has 0 spiro atoms. The van der Waals surface area contributed by atoms with Gasteiger partial charge in [0.25, 0.3) is 0 Å². The number of nitrogens with zero attached hydrogens (tertiary/aromatic N) is 2. The van der Waals surface area contributed by atoms with Crippen LogP contribution in [0.1, 0.15) is 13.8 Å². The minimum absolute atomic E-state index is 0.120. The summed E-state index contributed by atoms with van der Waals surface area (Å²) in [6.07, 6.45) is 3.04. The van der Waals surface area contributed by atoms with Gasteiger partial charge in [-0.3, -0.25) is 10.2 Å². The van der Waals surface area contributed by atoms with Crippen LogP contribution in [0.3, 0.4) is 0 Å². The smallest absolute Gasteiger partial charge is 0.247 e. The van der Waals surface area contributed by atoms with E-state index in [-0.39, 0.29) is 17.1 Å². The third-order valence-electron chi connectivity index (χ3n) is 1.94. The van der Waals surface area contributed by atoms with Crippen LogP contribution in [0.25, 0.3) is 0 Å². The maximum Gasteiger partial charge on any atom is 0.247 e. The van der Waals surface area contributed by atoms with E-state index in [2.05, 4.69) is 15.4 Å². The second-order valence-corrected chi connectivity index (χ2v) is 4.67. The third kappa shape index (κ3) is 3.07. The van der Waals surface area contributed by atoms with Crippen LogP contribution in [0.2, 0.25) is 0 Å². The molecule has 1 rings (SSSR count). The molecule has 88 valence electrons. The molecule has 0 bridgehead atoms. The molecule has 1 unspecified atom stereocenters. The molecule has 0 radical (unpaired) electrons. The lowest BCUT2D eigenvalue weighted by Crippen LogP contribution is -2.40. The van der Waals surface area contributed by atoms with Gasteiger partial charge in [-0.2, -0.15) is 0 Å². The monoisotopic (exact) mass is 241 g/mol. The first-order valence-corrected chi connectivity index (χ1v) is 5.67. The Balaban J connectivity index is 2.84. The summed E-state index contributed by atoms with van der Waals surface area (Å²) in [5.74, 6) is 5.32. The minimum Gasteiger partial charge on any atom is -0.381 e. The number of aromatic nitrogens is 2. The van der Waals surface area contributed by atoms with Crippen molar-refractivity contribution in [2.45, 2.75) is 24.1 Å². The van der Waals surface area contributed by atoms with Crippen molar-refractivity contribution >= 4 is 23.5 Å². The highest BCUT2D eigenvalue weighted by molar-refractivity contribution is 8.00. The molecule has 0 aliphatic heterocycles. The third-order valence-corrected chi connectivity index (χ3v) is 3.49. The molecule has 16 heavy (non-hydrogen) atoms. The number of nitrogens with two attached hydrogens (primary N) is 2. The second kappa shape index (κ2) is 5.66. The van der Waals surface area contributed by atoms with Crippen LogP contribution >= 0.6 is 11.8 Å². The van der Waals surface area contributed by atoms with Crippen LogP contribution in [0.4, 0.5) is 5.82 Å². The van der Waals surface area contributed by atoms with Crippen LogP contribution in [0.5, 0.6) is 0 Å². The largest absolute Gasteiger partial charge is 0.381 e. The number of hydrogen-bond donors (Lipinski definition) is 3. The molecule has 0 aromatic carbocycles. The predicted octanol–water partition coefficient (Wildman–Crippen LogP) is 0.165. The Bertz CT molecular complexity index is 371. The van der Waals surface area contributed by atoms with Crippen molar-refractivity contribution in [3.63, 3.8) is 0 Å². The summed E-state index contributed by atoms with van der Waals surface area (Å²) in [7, 11) is 0. The highest BCUT2D eigenvalue weighted by atomic mass is 32.2. The zero-order valence-corrected chi connectivity index (χ0v) is 9.99. The second-order valence-electron chi connectivity index (χ2n) is 3.54. The molecule has 0 saturated heterocycles. The summed E-state index contributed by atoms with van der Waals surface area (Å²) in [5.41, 5.74) is 7.79. The Kier molecular flexibility index (Phi) is 4.51. The average molecular weight is 241 g/mol. The van der Waals surface area contributed by atoms with Crippen molar-refractivity contribution in [1.82, 2.24) is 15.4 Å². The van der Waals surface area contributed by atoms with Gasteiger partial charge in [0.05, 0.1) is 5.25 Å². The van der Waals surface area contributed by atoms with Crippen LogP contribution in [0, 0.1) is 5.92 Å². The zero-order chi connectivity index (χ0) is 12.1. The van der Waals surface area contributed by atoms with Crippen molar-refractivity contribution < 1.29 is 4.79 Å². The summed E-state index contributed by atoms with van der Waals surface area (Å²) >= 11 is 1.27. The summed E-state index contributed by atoms with van der Waals surface area (Å²) in [6.45, 7) is 3.86. The van der Waals surface area contributed by atoms with E-state index in [0.29, 0.717) is 10.8 Å². The van der Waals surface area contributed by atoms with Crippen LogP contribution in [-0.2, 0) is 4.79 Å². The first kappa shape index (κ1) is 12.7. The summed E-state index contributed by atoms with van der Waals surface area (Å²) < 4.78 is 0. The highest BCUT2D eigenvalue weighted by Crippen LogP contribution is 2.29. The lowest BCUT2D eigenvalue weighted by atomic mass is 10.1. The lowest BCUT2D eigenvalue weighted by Gasteiger charge is -2.18. The fourth-order valence-electron chi connectivity index (χ4n) is 1.12. The molecule has 6 nitrogen and oxygen atoms in total. The number of carbonyl (C=O) groups is 1. The topological polar surface area (TPSA) is 107 Å². The fraction of sp³-hybridized carbons (Fsp3) is 0.444. The Morgan fingerprint density at radius 2 is 2.06 bits per heavy atom. The Labute approximate surface area is 98.2 Å². The summed E-state index contributed by atoms with van der Waals surface area (Å²) in [5, 5.41) is 0.216. The van der Waals surface area contributed by atoms with Crippen molar-refractivity contribution in [2.75, 3.05) is 5.73 Å². The molecular weight excluding hydrogens is 226 g/mol. The molecule has 0 saturated carbocycles. The van der Waals surface area contributed by atoms with E-state index in [9.17, 15) is 4.79 Å². The minimum atomic E-state index is -0.330. The first-order chi connectivity index (χ1) is 7.56. The van der Waals surface area contributed by atoms with E-state index in [1.165, 1.54) is 24.2 Å². The number of rotatable bonds is 4. The number of nitrogen functional groups attached to an aromatic ring is 1. The van der Waals surface area contributed by atoms with E-state index in [1.54, 1.807) is 0 Å². The van der Waals surface area contributed by atoms with E-state index in [0.717, 1.165) is 0 Å². The van der Waals surface area contributed by atoms with Crippen molar-refractivity contribution in [2.24, 2.45) is 11.8 Å². The molecule has 1 aromatic heterocycles. The SMILES string of the molecule is CC(C)C(Sc1nccnc1N)C(=O)NN. The number of amides is 1. The van der Waals surface area contributed by atoms with Crippen LogP contribution in [0.15, 0.2) is 17.4 Å². The van der Waals surface area contributed by atoms with Crippen LogP contribution in [-0.4, -0.2) is 21.1 Å². The van der Waals surface area contributed by atoms with E-state index in [4.69, 9.17) is 11.6 Å². The summed E-state index contributed by atoms with van der Waals surface area (Å²) in [4.78, 5) is 19.5. The Morgan fingerprint density at radius 1 is 1.44 bits per heavy atom. The molecular formula is C9H15N5OS. The Hall–Kier alpha value is -1.34. The van der Waals surface area contributed by atoms with Gasteiger partial charge in [-0.15, -0.1) is 0 Å². The van der Waals surface area contributed by atoms with Crippen molar-refractivity contribution in [3.8, 4) is 0 Å². The standard InChI is InChI=1S/C9H15N5OS/c1-5(2)6(8(15)14-11)16-9-7(10)12-3-4-13-9/h3-6H,11H2,1-2H3,(H2,10,12)(H,14,15). The van der Waals surface area contributed by atoms with Gasteiger partial charge in [0.1, 0.15) is 5.03 Å². The van der Waals surface area contributed by atoms with Gasteiger partial charge in [0, 0.05) is 12.4 Å². The number of thioether (sulfide) groups is 1. The maximum atomic E-state index is 11.5. The van der Waals surface area contributed by atoms with Crippen LogP contribution < -0.4 is 17.0 Å². The van der Waals surface area contributed by atoms with E-state index in [1.807, 2.05) is 13.8 Å². The number of anilines is 1. The number of hydrazine groups is 1. The molecule has 7 heteroatoms. The first-order valence-electron chi connectivity index (χ1n) is 4.79. The number of nitrogens with one attached hydrogen (secondary N) is 1. The molecule has 5 N–H and O–H groups in total. The van der Waals surface area contributed by atoms with Gasteiger partial charge < -0.3 is 5.73 Å². The van der Waals surface area contributed by atoms with Crippen molar-refractivity contribution in [1.29, 1.82) is 0 Å². The molecule has 0 fully saturated rings. The normalized spacial score (nSPS) is 12.5. The lowest BCUT2D eigenvalue weighted by molar-refractivity contribution is -0.121. The summed E-state index contributed by atoms with van der Waals surface area (Å²) in [6, 6.07) is 0. The fourth-order valence-corrected chi connectivity index (χ4v) is 2.10. The maximum absolute atomic E-state index is 11.5. The van der Waals surface area contributed by atoms with Gasteiger partial charge >= 0.3 is 0 Å². The van der Waals surface area contributed by atoms with E-state index >= 15 is 0 Å². The molecule has 1 atom stereocenters. The number of carbonyl (C=O) groups excluding carboxylic acids is 1. The van der Waals surface area contributed by atoms with Crippen molar-refractivity contribution in [3.05, 3.63) is 12.4 Å². The molecule has 1 heterocycles. The molecule has 1 amide bonds. The van der Waals surface area contributed by atoms with E-state index < -0.39 is 0 Å². The quantitative estimate of drug-likeness (QED) is 0.300. The number of hydrogen-bond acceptors (Lipinski definition) is 6. The van der Waals surface area contributed by atoms with Gasteiger partial charge in [0.15, 0.2) is 5.82 Å². The van der Waals surface area contributed by atoms with Gasteiger partial charge in [-0.1, -0.05) is 25.6 Å². The average Bonchev–Trinajstić information content (AvgIpc) is 2.26. The van der Waals surface area contributed by atoms with Gasteiger partial charge in [-0.05, 0) is 5.92 Å². The molecule has 0 aliphatic carbocycles. The highest BCUT2D eigenvalue weighted by Gasteiger charge is 2.24. The van der Waals surface area contributed by atoms with Gasteiger partial charge in [-0.25, -0.2) is 15.8 Å². The zero-order valence-electron chi connectivity index (χ0n) is 9.18. The molecule has 1 aromatic rings.